The molecule has 14 nitrogen and oxygen atoms in total. The zero-order valence-corrected chi connectivity index (χ0v) is 20.8. The van der Waals surface area contributed by atoms with E-state index in [0.717, 1.165) is 19.4 Å². The number of aliphatic hydroxyl groups is 2. The fourth-order valence-corrected chi connectivity index (χ4v) is 4.39. The molecular formula is C23H38N4O10. The molecule has 7 N–H and O–H groups in total. The highest BCUT2D eigenvalue weighted by Gasteiger charge is 2.42. The molecule has 0 aliphatic carbocycles. The summed E-state index contributed by atoms with van der Waals surface area (Å²) >= 11 is 0. The summed E-state index contributed by atoms with van der Waals surface area (Å²) in [6, 6.07) is -1.57. The summed E-state index contributed by atoms with van der Waals surface area (Å²) in [6.07, 6.45) is 0.178. The third-order valence-electron chi connectivity index (χ3n) is 6.61. The summed E-state index contributed by atoms with van der Waals surface area (Å²) in [5.74, 6) is -2.01. The van der Waals surface area contributed by atoms with E-state index in [1.54, 1.807) is 0 Å². The molecule has 3 heterocycles. The molecule has 0 aromatic heterocycles. The number of hydrogen-bond donors (Lipinski definition) is 6. The first-order valence-corrected chi connectivity index (χ1v) is 12.8. The summed E-state index contributed by atoms with van der Waals surface area (Å²) in [5, 5.41) is 27.9. The lowest BCUT2D eigenvalue weighted by Gasteiger charge is -2.18. The Kier molecular flexibility index (Phi) is 11.5. The van der Waals surface area contributed by atoms with Gasteiger partial charge in [-0.3, -0.25) is 19.7 Å². The van der Waals surface area contributed by atoms with Crippen molar-refractivity contribution in [3.63, 3.8) is 0 Å². The van der Waals surface area contributed by atoms with Crippen molar-refractivity contribution in [2.75, 3.05) is 26.5 Å². The number of unbranched alkanes of at least 4 members (excludes halogenated alkanes) is 1. The molecule has 3 aliphatic rings. The highest BCUT2D eigenvalue weighted by atomic mass is 16.7. The van der Waals surface area contributed by atoms with Gasteiger partial charge in [-0.05, 0) is 45.1 Å². The van der Waals surface area contributed by atoms with Crippen molar-refractivity contribution in [1.82, 2.24) is 16.0 Å². The van der Waals surface area contributed by atoms with Gasteiger partial charge in [-0.1, -0.05) is 0 Å². The van der Waals surface area contributed by atoms with E-state index in [1.165, 1.54) is 0 Å². The van der Waals surface area contributed by atoms with E-state index in [0.29, 0.717) is 38.6 Å². The molecule has 0 aromatic rings. The average molecular weight is 531 g/mol. The van der Waals surface area contributed by atoms with E-state index in [4.69, 9.17) is 24.7 Å². The van der Waals surface area contributed by atoms with Gasteiger partial charge in [-0.2, -0.15) is 0 Å². The Morgan fingerprint density at radius 3 is 2.68 bits per heavy atom. The molecule has 1 amide bonds. The Morgan fingerprint density at radius 1 is 1.16 bits per heavy atom. The SMILES string of the molecule is NC(CCCCNC(=O)C1CCCN1)C(=O)OC1CCC(C(=O)OCOCC[C@H]2OC(=O)[C@H](O)[C@@H]2O)N1. The van der Waals surface area contributed by atoms with Crippen LogP contribution in [0.5, 0.6) is 0 Å². The minimum Gasteiger partial charge on any atom is -0.457 e. The van der Waals surface area contributed by atoms with Crippen LogP contribution in [-0.4, -0.2) is 103 Å². The van der Waals surface area contributed by atoms with Crippen molar-refractivity contribution in [2.45, 2.75) is 94.0 Å². The van der Waals surface area contributed by atoms with Gasteiger partial charge in [0, 0.05) is 19.4 Å². The lowest BCUT2D eigenvalue weighted by molar-refractivity contribution is -0.161. The van der Waals surface area contributed by atoms with Crippen molar-refractivity contribution in [3.05, 3.63) is 0 Å². The molecule has 7 atom stereocenters. The summed E-state index contributed by atoms with van der Waals surface area (Å²) in [5.41, 5.74) is 5.93. The van der Waals surface area contributed by atoms with Crippen LogP contribution in [0, 0.1) is 0 Å². The lowest BCUT2D eigenvalue weighted by Crippen LogP contribution is -2.42. The number of nitrogens with one attached hydrogen (secondary N) is 3. The van der Waals surface area contributed by atoms with E-state index in [2.05, 4.69) is 16.0 Å². The summed E-state index contributed by atoms with van der Waals surface area (Å²) in [6.45, 7) is 1.08. The van der Waals surface area contributed by atoms with Crippen molar-refractivity contribution in [3.8, 4) is 0 Å². The molecule has 3 saturated heterocycles. The first-order chi connectivity index (χ1) is 17.8. The summed E-state index contributed by atoms with van der Waals surface area (Å²) in [4.78, 5) is 47.6. The topological polar surface area (TPSA) is 208 Å². The minimum atomic E-state index is -1.56. The molecule has 3 rings (SSSR count). The second kappa shape index (κ2) is 14.5. The van der Waals surface area contributed by atoms with Gasteiger partial charge in [0.1, 0.15) is 24.3 Å². The molecule has 0 radical (unpaired) electrons. The molecule has 14 heteroatoms. The van der Waals surface area contributed by atoms with E-state index in [-0.39, 0.29) is 31.8 Å². The van der Waals surface area contributed by atoms with Crippen molar-refractivity contribution in [1.29, 1.82) is 0 Å². The lowest BCUT2D eigenvalue weighted by atomic mass is 10.1. The van der Waals surface area contributed by atoms with Crippen LogP contribution in [0.2, 0.25) is 0 Å². The average Bonchev–Trinajstić information content (AvgIpc) is 3.63. The number of rotatable bonds is 14. The molecule has 0 saturated carbocycles. The number of hydrogen-bond acceptors (Lipinski definition) is 13. The van der Waals surface area contributed by atoms with Gasteiger partial charge in [0.15, 0.2) is 19.1 Å². The maximum Gasteiger partial charge on any atom is 0.338 e. The van der Waals surface area contributed by atoms with E-state index >= 15 is 0 Å². The Balaban J connectivity index is 1.21. The Hall–Kier alpha value is -2.36. The van der Waals surface area contributed by atoms with E-state index in [9.17, 15) is 29.4 Å². The Bertz CT molecular complexity index is 793. The predicted octanol–water partition coefficient (Wildman–Crippen LogP) is -2.47. The molecule has 37 heavy (non-hydrogen) atoms. The van der Waals surface area contributed by atoms with Gasteiger partial charge >= 0.3 is 17.9 Å². The molecule has 210 valence electrons. The maximum atomic E-state index is 12.3. The third-order valence-corrected chi connectivity index (χ3v) is 6.61. The van der Waals surface area contributed by atoms with Crippen LogP contribution in [0.15, 0.2) is 0 Å². The predicted molar refractivity (Wildman–Crippen MR) is 125 cm³/mol. The van der Waals surface area contributed by atoms with Crippen LogP contribution in [0.25, 0.3) is 0 Å². The van der Waals surface area contributed by atoms with Gasteiger partial charge in [0.05, 0.1) is 12.6 Å². The van der Waals surface area contributed by atoms with Crippen LogP contribution in [0.3, 0.4) is 0 Å². The first-order valence-electron chi connectivity index (χ1n) is 12.8. The molecule has 0 bridgehead atoms. The van der Waals surface area contributed by atoms with Crippen LogP contribution in [-0.2, 0) is 38.1 Å². The van der Waals surface area contributed by atoms with Crippen LogP contribution in [0.4, 0.5) is 0 Å². The fourth-order valence-electron chi connectivity index (χ4n) is 4.39. The number of nitrogens with two attached hydrogens (primary N) is 1. The molecule has 3 fully saturated rings. The van der Waals surface area contributed by atoms with Crippen LogP contribution < -0.4 is 21.7 Å². The number of carbonyl (C=O) groups is 4. The van der Waals surface area contributed by atoms with E-state index in [1.807, 2.05) is 0 Å². The smallest absolute Gasteiger partial charge is 0.338 e. The second-order valence-corrected chi connectivity index (χ2v) is 9.45. The Morgan fingerprint density at radius 2 is 1.97 bits per heavy atom. The molecular weight excluding hydrogens is 492 g/mol. The van der Waals surface area contributed by atoms with Crippen molar-refractivity contribution < 1.29 is 48.3 Å². The number of amides is 1. The monoisotopic (exact) mass is 530 g/mol. The number of cyclic esters (lactones) is 1. The number of esters is 3. The van der Waals surface area contributed by atoms with Gasteiger partial charge in [-0.25, -0.2) is 4.79 Å². The summed E-state index contributed by atoms with van der Waals surface area (Å²) < 4.78 is 20.4. The Labute approximate surface area is 214 Å². The molecule has 3 aliphatic heterocycles. The quantitative estimate of drug-likeness (QED) is 0.0596. The molecule has 4 unspecified atom stereocenters. The van der Waals surface area contributed by atoms with E-state index < -0.39 is 54.5 Å². The minimum absolute atomic E-state index is 0.00472. The number of aliphatic hydroxyl groups excluding tert-OH is 2. The van der Waals surface area contributed by atoms with Crippen molar-refractivity contribution >= 4 is 23.8 Å². The highest BCUT2D eigenvalue weighted by molar-refractivity contribution is 5.82. The van der Waals surface area contributed by atoms with Crippen LogP contribution >= 0.6 is 0 Å². The first kappa shape index (κ1) is 29.2. The highest BCUT2D eigenvalue weighted by Crippen LogP contribution is 2.19. The second-order valence-electron chi connectivity index (χ2n) is 9.45. The summed E-state index contributed by atoms with van der Waals surface area (Å²) in [7, 11) is 0. The number of carbonyl (C=O) groups excluding carboxylic acids is 4. The maximum absolute atomic E-state index is 12.3. The van der Waals surface area contributed by atoms with Gasteiger partial charge in [0.25, 0.3) is 0 Å². The van der Waals surface area contributed by atoms with Crippen molar-refractivity contribution in [2.24, 2.45) is 5.73 Å². The third kappa shape index (κ3) is 8.86. The zero-order chi connectivity index (χ0) is 26.8. The fraction of sp³-hybridized carbons (Fsp3) is 0.826. The normalized spacial score (nSPS) is 30.1. The standard InChI is InChI=1S/C23H38N4O10/c24-13(4-1-2-9-26-20(30)14-5-3-10-25-14)21(31)37-17-7-6-15(27-17)22(32)35-12-34-11-8-16-18(28)19(29)23(33)36-16/h13-19,25,27-29H,1-12,24H2,(H,26,30)/t13?,14?,15?,16-,17?,18-,19-/m1/s1. The van der Waals surface area contributed by atoms with Gasteiger partial charge in [0.2, 0.25) is 5.91 Å². The molecule has 0 spiro atoms. The van der Waals surface area contributed by atoms with Gasteiger partial charge < -0.3 is 45.5 Å². The van der Waals surface area contributed by atoms with Gasteiger partial charge in [-0.15, -0.1) is 0 Å². The molecule has 0 aromatic carbocycles. The number of ether oxygens (including phenoxy) is 4. The van der Waals surface area contributed by atoms with Crippen LogP contribution in [0.1, 0.15) is 51.4 Å². The zero-order valence-electron chi connectivity index (χ0n) is 20.8. The largest absolute Gasteiger partial charge is 0.457 e.